The molecule has 12 heteroatoms. The number of hydrogen-bond acceptors (Lipinski definition) is 9. The summed E-state index contributed by atoms with van der Waals surface area (Å²) >= 11 is 0. The number of ether oxygens (including phenoxy) is 3. The molecule has 2 heterocycles. The number of benzene rings is 1. The van der Waals surface area contributed by atoms with Crippen LogP contribution < -0.4 is 26.0 Å². The van der Waals surface area contributed by atoms with E-state index in [2.05, 4.69) is 20.6 Å². The molecule has 1 aromatic heterocycles. The first-order valence-electron chi connectivity index (χ1n) is 8.11. The highest BCUT2D eigenvalue weighted by Gasteiger charge is 2.34. The normalized spacial score (nSPS) is 15.6. The first-order chi connectivity index (χ1) is 13.4. The van der Waals surface area contributed by atoms with Crippen LogP contribution >= 0.6 is 0 Å². The number of anilines is 1. The molecule has 0 radical (unpaired) electrons. The van der Waals surface area contributed by atoms with Crippen molar-refractivity contribution in [3.05, 3.63) is 44.6 Å². The maximum atomic E-state index is 12.0. The molecule has 3 rings (SSSR count). The Labute approximate surface area is 158 Å². The van der Waals surface area contributed by atoms with E-state index in [0.29, 0.717) is 17.1 Å². The average Bonchev–Trinajstić information content (AvgIpc) is 3.11. The first-order valence-corrected chi connectivity index (χ1v) is 8.11. The van der Waals surface area contributed by atoms with Gasteiger partial charge < -0.3 is 19.5 Å². The third kappa shape index (κ3) is 3.79. The number of carbonyl (C=O) groups is 1. The van der Waals surface area contributed by atoms with Crippen molar-refractivity contribution in [2.24, 2.45) is 5.10 Å². The number of aromatic nitrogens is 3. The molecule has 0 saturated heterocycles. The summed E-state index contributed by atoms with van der Waals surface area (Å²) in [5, 5.41) is 13.7. The number of H-pyrrole nitrogens is 2. The summed E-state index contributed by atoms with van der Waals surface area (Å²) in [7, 11) is 3.01. The zero-order valence-corrected chi connectivity index (χ0v) is 15.3. The molecular weight excluding hydrogens is 372 g/mol. The van der Waals surface area contributed by atoms with Gasteiger partial charge in [-0.2, -0.15) is 5.01 Å². The highest BCUT2D eigenvalue weighted by Crippen LogP contribution is 2.36. The average molecular weight is 390 g/mol. The molecule has 1 aliphatic heterocycles. The van der Waals surface area contributed by atoms with Crippen LogP contribution in [0.25, 0.3) is 0 Å². The third-order valence-corrected chi connectivity index (χ3v) is 3.83. The standard InChI is InChI=1S/C16H18N6O6/c1-8(23)22-15(10-6-9(26-2)4-5-11(10)27-3)28-12(21-22)7-17-13-14(24)18-16(25)20-19-13/h4-6,15H,7H2,1-3H3,(H,17,19)(H2,18,20,24,25)/t15-/m1/s1. The van der Waals surface area contributed by atoms with Crippen molar-refractivity contribution in [1.29, 1.82) is 0 Å². The molecule has 1 aromatic carbocycles. The number of hydrazone groups is 1. The van der Waals surface area contributed by atoms with Crippen LogP contribution in [0.15, 0.2) is 32.9 Å². The van der Waals surface area contributed by atoms with Gasteiger partial charge >= 0.3 is 5.69 Å². The minimum Gasteiger partial charge on any atom is -0.497 e. The van der Waals surface area contributed by atoms with E-state index in [1.807, 2.05) is 4.98 Å². The third-order valence-electron chi connectivity index (χ3n) is 3.83. The molecule has 1 atom stereocenters. The summed E-state index contributed by atoms with van der Waals surface area (Å²) in [5.41, 5.74) is -0.884. The lowest BCUT2D eigenvalue weighted by Crippen LogP contribution is -2.28. The van der Waals surface area contributed by atoms with Crippen LogP contribution in [0, 0.1) is 0 Å². The molecule has 0 unspecified atom stereocenters. The van der Waals surface area contributed by atoms with Gasteiger partial charge in [0.2, 0.25) is 23.9 Å². The fourth-order valence-corrected chi connectivity index (χ4v) is 2.54. The van der Waals surface area contributed by atoms with E-state index in [9.17, 15) is 14.4 Å². The van der Waals surface area contributed by atoms with Crippen molar-refractivity contribution in [2.45, 2.75) is 13.2 Å². The number of carbonyl (C=O) groups excluding carboxylic acids is 1. The Morgan fingerprint density at radius 1 is 1.32 bits per heavy atom. The Bertz CT molecular complexity index is 1030. The quantitative estimate of drug-likeness (QED) is 0.612. The van der Waals surface area contributed by atoms with E-state index < -0.39 is 17.5 Å². The number of methoxy groups -OCH3 is 2. The summed E-state index contributed by atoms with van der Waals surface area (Å²) < 4.78 is 16.4. The lowest BCUT2D eigenvalue weighted by molar-refractivity contribution is -0.135. The van der Waals surface area contributed by atoms with E-state index in [-0.39, 0.29) is 24.2 Å². The number of aromatic amines is 2. The van der Waals surface area contributed by atoms with Crippen LogP contribution in [0.5, 0.6) is 11.5 Å². The fourth-order valence-electron chi connectivity index (χ4n) is 2.54. The van der Waals surface area contributed by atoms with Gasteiger partial charge in [0, 0.05) is 6.92 Å². The zero-order chi connectivity index (χ0) is 20.3. The molecule has 1 aliphatic rings. The van der Waals surface area contributed by atoms with Crippen LogP contribution in [-0.4, -0.2) is 52.8 Å². The van der Waals surface area contributed by atoms with Gasteiger partial charge in [-0.25, -0.2) is 9.89 Å². The van der Waals surface area contributed by atoms with Gasteiger partial charge in [0.05, 0.1) is 26.3 Å². The molecule has 0 saturated carbocycles. The molecule has 0 aliphatic carbocycles. The number of hydrogen-bond donors (Lipinski definition) is 3. The summed E-state index contributed by atoms with van der Waals surface area (Å²) in [6.07, 6.45) is -0.874. The number of nitrogens with one attached hydrogen (secondary N) is 3. The van der Waals surface area contributed by atoms with E-state index in [4.69, 9.17) is 14.2 Å². The second-order valence-electron chi connectivity index (χ2n) is 5.64. The molecule has 12 nitrogen and oxygen atoms in total. The molecule has 0 fully saturated rings. The highest BCUT2D eigenvalue weighted by molar-refractivity contribution is 5.85. The van der Waals surface area contributed by atoms with Crippen molar-refractivity contribution >= 4 is 17.6 Å². The van der Waals surface area contributed by atoms with Crippen molar-refractivity contribution in [3.8, 4) is 11.5 Å². The molecule has 0 bridgehead atoms. The molecule has 3 N–H and O–H groups in total. The van der Waals surface area contributed by atoms with Crippen molar-refractivity contribution in [2.75, 3.05) is 26.1 Å². The minimum atomic E-state index is -0.874. The van der Waals surface area contributed by atoms with E-state index >= 15 is 0 Å². The fraction of sp³-hybridized carbons (Fsp3) is 0.312. The Morgan fingerprint density at radius 2 is 2.11 bits per heavy atom. The summed E-state index contributed by atoms with van der Waals surface area (Å²) in [6, 6.07) is 5.09. The van der Waals surface area contributed by atoms with Gasteiger partial charge in [-0.3, -0.25) is 14.6 Å². The van der Waals surface area contributed by atoms with Gasteiger partial charge in [-0.05, 0) is 18.2 Å². The van der Waals surface area contributed by atoms with Crippen molar-refractivity contribution in [3.63, 3.8) is 0 Å². The van der Waals surface area contributed by atoms with E-state index in [1.54, 1.807) is 18.2 Å². The largest absolute Gasteiger partial charge is 0.497 e. The SMILES string of the molecule is COc1ccc(OC)c([C@H]2OC(CNc3n[nH]c(=O)[nH]c3=O)=NN2C(C)=O)c1. The maximum Gasteiger partial charge on any atom is 0.342 e. The van der Waals surface area contributed by atoms with Crippen LogP contribution in [0.4, 0.5) is 5.82 Å². The predicted octanol–water partition coefficient (Wildman–Crippen LogP) is -0.222. The number of rotatable bonds is 6. The highest BCUT2D eigenvalue weighted by atomic mass is 16.5. The van der Waals surface area contributed by atoms with E-state index in [1.165, 1.54) is 21.1 Å². The summed E-state index contributed by atoms with van der Waals surface area (Å²) in [5.74, 6) is 0.698. The molecule has 28 heavy (non-hydrogen) atoms. The second kappa shape index (κ2) is 7.82. The Hall–Kier alpha value is -3.83. The van der Waals surface area contributed by atoms with Gasteiger partial charge in [-0.1, -0.05) is 0 Å². The monoisotopic (exact) mass is 390 g/mol. The number of amides is 1. The smallest absolute Gasteiger partial charge is 0.342 e. The van der Waals surface area contributed by atoms with Gasteiger partial charge in [0.25, 0.3) is 5.56 Å². The zero-order valence-electron chi connectivity index (χ0n) is 15.3. The molecule has 0 spiro atoms. The second-order valence-corrected chi connectivity index (χ2v) is 5.64. The Balaban J connectivity index is 1.83. The maximum absolute atomic E-state index is 12.0. The van der Waals surface area contributed by atoms with Crippen LogP contribution in [0.3, 0.4) is 0 Å². The van der Waals surface area contributed by atoms with Crippen LogP contribution in [0.1, 0.15) is 18.7 Å². The van der Waals surface area contributed by atoms with Crippen LogP contribution in [-0.2, 0) is 9.53 Å². The molecule has 2 aromatic rings. The summed E-state index contributed by atoms with van der Waals surface area (Å²) in [4.78, 5) is 36.8. The van der Waals surface area contributed by atoms with Gasteiger partial charge in [-0.15, -0.1) is 10.2 Å². The Morgan fingerprint density at radius 3 is 2.75 bits per heavy atom. The topological polar surface area (TPSA) is 151 Å². The van der Waals surface area contributed by atoms with Crippen molar-refractivity contribution < 1.29 is 19.0 Å². The minimum absolute atomic E-state index is 0.0469. The Kier molecular flexibility index (Phi) is 5.29. The lowest BCUT2D eigenvalue weighted by Gasteiger charge is -2.21. The van der Waals surface area contributed by atoms with Crippen molar-refractivity contribution in [1.82, 2.24) is 20.2 Å². The molecular formula is C16H18N6O6. The summed E-state index contributed by atoms with van der Waals surface area (Å²) in [6.45, 7) is 1.30. The molecule has 1 amide bonds. The van der Waals surface area contributed by atoms with Crippen LogP contribution in [0.2, 0.25) is 0 Å². The first kappa shape index (κ1) is 18.9. The van der Waals surface area contributed by atoms with E-state index in [0.717, 1.165) is 5.01 Å². The lowest BCUT2D eigenvalue weighted by atomic mass is 10.1. The number of nitrogens with zero attached hydrogens (tertiary/aromatic N) is 3. The van der Waals surface area contributed by atoms with Gasteiger partial charge in [0.15, 0.2) is 0 Å². The molecule has 148 valence electrons. The predicted molar refractivity (Wildman–Crippen MR) is 97.3 cm³/mol. The van der Waals surface area contributed by atoms with Gasteiger partial charge in [0.1, 0.15) is 11.5 Å².